The Kier molecular flexibility index (Phi) is 3.87. The maximum absolute atomic E-state index is 11.9. The lowest BCUT2D eigenvalue weighted by atomic mass is 10.3. The molecule has 96 valence electrons. The summed E-state index contributed by atoms with van der Waals surface area (Å²) in [5, 5.41) is 8.79. The van der Waals surface area contributed by atoms with Gasteiger partial charge in [-0.3, -0.25) is 0 Å². The second-order valence-corrected chi connectivity index (χ2v) is 7.68. The Morgan fingerprint density at radius 1 is 1.53 bits per heavy atom. The summed E-state index contributed by atoms with van der Waals surface area (Å²) in [4.78, 5) is 0.896. The normalized spacial score (nSPS) is 23.9. The minimum atomic E-state index is -3.35. The first-order valence-corrected chi connectivity index (χ1v) is 8.02. The van der Waals surface area contributed by atoms with Crippen LogP contribution in [0.4, 0.5) is 0 Å². The van der Waals surface area contributed by atoms with Crippen LogP contribution in [0.25, 0.3) is 0 Å². The van der Waals surface area contributed by atoms with Crippen molar-refractivity contribution in [2.24, 2.45) is 11.8 Å². The van der Waals surface area contributed by atoms with Gasteiger partial charge < -0.3 is 5.11 Å². The third kappa shape index (κ3) is 3.28. The molecule has 17 heavy (non-hydrogen) atoms. The summed E-state index contributed by atoms with van der Waals surface area (Å²) in [5.74, 6) is 1.15. The average Bonchev–Trinajstić information content (AvgIpc) is 2.77. The number of nitrogens with one attached hydrogen (secondary N) is 1. The van der Waals surface area contributed by atoms with Crippen molar-refractivity contribution in [3.05, 3.63) is 17.0 Å². The quantitative estimate of drug-likeness (QED) is 0.820. The van der Waals surface area contributed by atoms with Crippen LogP contribution in [0, 0.1) is 11.8 Å². The highest BCUT2D eigenvalue weighted by atomic mass is 32.2. The van der Waals surface area contributed by atoms with Crippen molar-refractivity contribution in [3.63, 3.8) is 0 Å². The highest BCUT2D eigenvalue weighted by Crippen LogP contribution is 2.37. The molecule has 0 aromatic carbocycles. The minimum Gasteiger partial charge on any atom is -0.396 e. The smallest absolute Gasteiger partial charge is 0.250 e. The molecule has 0 spiro atoms. The first-order valence-electron chi connectivity index (χ1n) is 5.72. The summed E-state index contributed by atoms with van der Waals surface area (Å²) in [6.45, 7) is 2.72. The second kappa shape index (κ2) is 5.06. The van der Waals surface area contributed by atoms with Gasteiger partial charge in [-0.15, -0.1) is 11.3 Å². The van der Waals surface area contributed by atoms with Gasteiger partial charge in [0.25, 0.3) is 0 Å². The van der Waals surface area contributed by atoms with Gasteiger partial charge in [-0.2, -0.15) is 0 Å². The number of hydrogen-bond acceptors (Lipinski definition) is 4. The summed E-state index contributed by atoms with van der Waals surface area (Å²) in [7, 11) is -3.35. The first kappa shape index (κ1) is 13.0. The molecule has 0 amide bonds. The third-order valence-electron chi connectivity index (χ3n) is 3.07. The number of hydrogen-bond donors (Lipinski definition) is 2. The first-order chi connectivity index (χ1) is 8.03. The van der Waals surface area contributed by atoms with Gasteiger partial charge in [0.05, 0.1) is 0 Å². The molecule has 0 aliphatic heterocycles. The number of aliphatic hydroxyl groups is 1. The Balaban J connectivity index is 1.98. The molecule has 0 saturated heterocycles. The van der Waals surface area contributed by atoms with Gasteiger partial charge in [0, 0.05) is 24.4 Å². The zero-order valence-electron chi connectivity index (χ0n) is 9.72. The van der Waals surface area contributed by atoms with Crippen LogP contribution >= 0.6 is 11.3 Å². The van der Waals surface area contributed by atoms with Gasteiger partial charge in [-0.05, 0) is 30.4 Å². The second-order valence-electron chi connectivity index (χ2n) is 4.52. The van der Waals surface area contributed by atoms with Crippen molar-refractivity contribution >= 4 is 21.4 Å². The van der Waals surface area contributed by atoms with E-state index < -0.39 is 10.0 Å². The molecule has 1 aliphatic carbocycles. The van der Waals surface area contributed by atoms with E-state index in [0.29, 0.717) is 29.0 Å². The standard InChI is InChI=1S/C11H17NO3S2/c1-8-6-9(8)7-12-17(14,15)11-3-2-10(16-11)4-5-13/h2-3,8-9,12-13H,4-7H2,1H3. The van der Waals surface area contributed by atoms with E-state index in [-0.39, 0.29) is 6.61 Å². The molecule has 0 bridgehead atoms. The Labute approximate surface area is 106 Å². The largest absolute Gasteiger partial charge is 0.396 e. The number of rotatable bonds is 6. The van der Waals surface area contributed by atoms with Gasteiger partial charge in [0.2, 0.25) is 10.0 Å². The molecular weight excluding hydrogens is 258 g/mol. The van der Waals surface area contributed by atoms with Gasteiger partial charge in [0.15, 0.2) is 0 Å². The predicted octanol–water partition coefficient (Wildman–Crippen LogP) is 1.22. The molecule has 2 N–H and O–H groups in total. The zero-order chi connectivity index (χ0) is 12.5. The third-order valence-corrected chi connectivity index (χ3v) is 6.13. The molecule has 2 unspecified atom stereocenters. The molecule has 0 radical (unpaired) electrons. The van der Waals surface area contributed by atoms with Crippen LogP contribution in [0.5, 0.6) is 0 Å². The summed E-state index contributed by atoms with van der Waals surface area (Å²) < 4.78 is 26.8. The summed E-state index contributed by atoms with van der Waals surface area (Å²) in [6.07, 6.45) is 1.63. The summed E-state index contributed by atoms with van der Waals surface area (Å²) >= 11 is 1.23. The van der Waals surface area contributed by atoms with Crippen molar-refractivity contribution < 1.29 is 13.5 Å². The highest BCUT2D eigenvalue weighted by Gasteiger charge is 2.33. The van der Waals surface area contributed by atoms with E-state index in [1.165, 1.54) is 11.3 Å². The molecule has 1 aromatic heterocycles. The zero-order valence-corrected chi connectivity index (χ0v) is 11.4. The molecule has 2 rings (SSSR count). The van der Waals surface area contributed by atoms with Crippen molar-refractivity contribution in [3.8, 4) is 0 Å². The van der Waals surface area contributed by atoms with Gasteiger partial charge in [-0.25, -0.2) is 13.1 Å². The highest BCUT2D eigenvalue weighted by molar-refractivity contribution is 7.91. The maximum Gasteiger partial charge on any atom is 0.250 e. The van der Waals surface area contributed by atoms with Crippen LogP contribution in [0.3, 0.4) is 0 Å². The fraction of sp³-hybridized carbons (Fsp3) is 0.636. The molecule has 4 nitrogen and oxygen atoms in total. The molecule has 1 fully saturated rings. The molecule has 1 aliphatic rings. The number of sulfonamides is 1. The predicted molar refractivity (Wildman–Crippen MR) is 67.6 cm³/mol. The van der Waals surface area contributed by atoms with Gasteiger partial charge >= 0.3 is 0 Å². The number of aliphatic hydroxyl groups excluding tert-OH is 1. The summed E-state index contributed by atoms with van der Waals surface area (Å²) in [6, 6.07) is 3.36. The lowest BCUT2D eigenvalue weighted by Crippen LogP contribution is -2.25. The van der Waals surface area contributed by atoms with Crippen LogP contribution in [0.1, 0.15) is 18.2 Å². The van der Waals surface area contributed by atoms with Gasteiger partial charge in [-0.1, -0.05) is 6.92 Å². The molecule has 1 heterocycles. The van der Waals surface area contributed by atoms with Crippen LogP contribution in [-0.4, -0.2) is 26.7 Å². The van der Waals surface area contributed by atoms with E-state index in [1.54, 1.807) is 12.1 Å². The fourth-order valence-corrected chi connectivity index (χ4v) is 4.20. The lowest BCUT2D eigenvalue weighted by Gasteiger charge is -2.03. The Morgan fingerprint density at radius 3 is 2.82 bits per heavy atom. The van der Waals surface area contributed by atoms with Crippen molar-refractivity contribution in [2.45, 2.75) is 24.0 Å². The fourth-order valence-electron chi connectivity index (χ4n) is 1.72. The van der Waals surface area contributed by atoms with E-state index in [9.17, 15) is 8.42 Å². The van der Waals surface area contributed by atoms with Crippen molar-refractivity contribution in [2.75, 3.05) is 13.2 Å². The Morgan fingerprint density at radius 2 is 2.24 bits per heavy atom. The topological polar surface area (TPSA) is 66.4 Å². The van der Waals surface area contributed by atoms with Crippen LogP contribution in [-0.2, 0) is 16.4 Å². The lowest BCUT2D eigenvalue weighted by molar-refractivity contribution is 0.300. The van der Waals surface area contributed by atoms with E-state index >= 15 is 0 Å². The van der Waals surface area contributed by atoms with Crippen LogP contribution in [0.15, 0.2) is 16.3 Å². The molecular formula is C11H17NO3S2. The SMILES string of the molecule is CC1CC1CNS(=O)(=O)c1ccc(CCO)s1. The minimum absolute atomic E-state index is 0.0486. The van der Waals surface area contributed by atoms with E-state index in [1.807, 2.05) is 0 Å². The maximum atomic E-state index is 11.9. The molecule has 6 heteroatoms. The van der Waals surface area contributed by atoms with Crippen molar-refractivity contribution in [1.82, 2.24) is 4.72 Å². The van der Waals surface area contributed by atoms with E-state index in [0.717, 1.165) is 11.3 Å². The molecule has 1 aromatic rings. The molecule has 2 atom stereocenters. The van der Waals surface area contributed by atoms with Gasteiger partial charge in [0.1, 0.15) is 4.21 Å². The monoisotopic (exact) mass is 275 g/mol. The van der Waals surface area contributed by atoms with Crippen LogP contribution in [0.2, 0.25) is 0 Å². The molecule has 1 saturated carbocycles. The Hall–Kier alpha value is -0.430. The van der Waals surface area contributed by atoms with E-state index in [4.69, 9.17) is 5.11 Å². The number of thiophene rings is 1. The average molecular weight is 275 g/mol. The van der Waals surface area contributed by atoms with E-state index in [2.05, 4.69) is 11.6 Å². The summed E-state index contributed by atoms with van der Waals surface area (Å²) in [5.41, 5.74) is 0. The van der Waals surface area contributed by atoms with Crippen molar-refractivity contribution in [1.29, 1.82) is 0 Å². The van der Waals surface area contributed by atoms with Crippen LogP contribution < -0.4 is 4.72 Å². The Bertz CT molecular complexity index is 481.